The van der Waals surface area contributed by atoms with E-state index in [1.54, 1.807) is 0 Å². The van der Waals surface area contributed by atoms with E-state index in [1.165, 1.54) is 23.3 Å². The first-order valence-corrected chi connectivity index (χ1v) is 8.86. The molecule has 1 aliphatic rings. The molecule has 0 radical (unpaired) electrons. The summed E-state index contributed by atoms with van der Waals surface area (Å²) in [5, 5.41) is 3.06. The van der Waals surface area contributed by atoms with Crippen molar-refractivity contribution in [3.05, 3.63) is 65.0 Å². The summed E-state index contributed by atoms with van der Waals surface area (Å²) in [6.45, 7) is 6.60. The van der Waals surface area contributed by atoms with Crippen molar-refractivity contribution in [2.75, 3.05) is 18.4 Å². The SMILES string of the molecule is Cc1ccc(NC(=O)C2CCCN(Cc3ccc(F)cc3)C2)cc1C. The first-order valence-electron chi connectivity index (χ1n) is 8.86. The number of anilines is 1. The predicted octanol–water partition coefficient (Wildman–Crippen LogP) is 4.29. The molecule has 132 valence electrons. The normalized spacial score (nSPS) is 18.1. The van der Waals surface area contributed by atoms with Crippen LogP contribution in [0.4, 0.5) is 10.1 Å². The number of carbonyl (C=O) groups is 1. The summed E-state index contributed by atoms with van der Waals surface area (Å²) < 4.78 is 13.0. The van der Waals surface area contributed by atoms with Gasteiger partial charge < -0.3 is 5.32 Å². The summed E-state index contributed by atoms with van der Waals surface area (Å²) in [6, 6.07) is 12.6. The van der Waals surface area contributed by atoms with Crippen LogP contribution in [0.5, 0.6) is 0 Å². The average molecular weight is 340 g/mol. The van der Waals surface area contributed by atoms with Crippen molar-refractivity contribution >= 4 is 11.6 Å². The van der Waals surface area contributed by atoms with Crippen LogP contribution in [0.3, 0.4) is 0 Å². The fraction of sp³-hybridized carbons (Fsp3) is 0.381. The van der Waals surface area contributed by atoms with E-state index in [4.69, 9.17) is 0 Å². The van der Waals surface area contributed by atoms with Crippen molar-refractivity contribution < 1.29 is 9.18 Å². The molecule has 0 spiro atoms. The lowest BCUT2D eigenvalue weighted by molar-refractivity contribution is -0.121. The predicted molar refractivity (Wildman–Crippen MR) is 98.9 cm³/mol. The van der Waals surface area contributed by atoms with Crippen LogP contribution in [0.15, 0.2) is 42.5 Å². The molecule has 1 aliphatic heterocycles. The van der Waals surface area contributed by atoms with Gasteiger partial charge in [0, 0.05) is 18.8 Å². The highest BCUT2D eigenvalue weighted by Gasteiger charge is 2.25. The molecule has 0 bridgehead atoms. The van der Waals surface area contributed by atoms with Gasteiger partial charge in [-0.05, 0) is 74.2 Å². The topological polar surface area (TPSA) is 32.3 Å². The minimum atomic E-state index is -0.215. The van der Waals surface area contributed by atoms with Gasteiger partial charge >= 0.3 is 0 Å². The van der Waals surface area contributed by atoms with Crippen LogP contribution in [0.2, 0.25) is 0 Å². The van der Waals surface area contributed by atoms with Gasteiger partial charge in [0.25, 0.3) is 0 Å². The van der Waals surface area contributed by atoms with E-state index >= 15 is 0 Å². The molecule has 1 fully saturated rings. The largest absolute Gasteiger partial charge is 0.326 e. The maximum Gasteiger partial charge on any atom is 0.228 e. The zero-order valence-corrected chi connectivity index (χ0v) is 14.9. The Balaban J connectivity index is 1.59. The molecule has 3 rings (SSSR count). The molecule has 0 saturated carbocycles. The fourth-order valence-electron chi connectivity index (χ4n) is 3.32. The number of aryl methyl sites for hydroxylation is 2. The Morgan fingerprint density at radius 1 is 1.16 bits per heavy atom. The van der Waals surface area contributed by atoms with Crippen molar-refractivity contribution in [2.45, 2.75) is 33.2 Å². The van der Waals surface area contributed by atoms with E-state index in [1.807, 2.05) is 30.3 Å². The second kappa shape index (κ2) is 7.79. The minimum absolute atomic E-state index is 0.00388. The van der Waals surface area contributed by atoms with E-state index in [2.05, 4.69) is 24.1 Å². The highest BCUT2D eigenvalue weighted by atomic mass is 19.1. The molecule has 1 amide bonds. The molecule has 1 N–H and O–H groups in total. The fourth-order valence-corrected chi connectivity index (χ4v) is 3.32. The summed E-state index contributed by atoms with van der Waals surface area (Å²) in [6.07, 6.45) is 1.92. The number of amides is 1. The monoisotopic (exact) mass is 340 g/mol. The molecule has 1 unspecified atom stereocenters. The molecule has 4 heteroatoms. The lowest BCUT2D eigenvalue weighted by Crippen LogP contribution is -2.40. The van der Waals surface area contributed by atoms with Crippen LogP contribution in [-0.2, 0) is 11.3 Å². The number of hydrogen-bond donors (Lipinski definition) is 1. The number of carbonyl (C=O) groups excluding carboxylic acids is 1. The summed E-state index contributed by atoms with van der Waals surface area (Å²) in [7, 11) is 0. The van der Waals surface area contributed by atoms with Crippen LogP contribution in [0.25, 0.3) is 0 Å². The maximum atomic E-state index is 13.0. The highest BCUT2D eigenvalue weighted by molar-refractivity contribution is 5.92. The van der Waals surface area contributed by atoms with E-state index in [9.17, 15) is 9.18 Å². The van der Waals surface area contributed by atoms with E-state index in [0.717, 1.165) is 43.7 Å². The van der Waals surface area contributed by atoms with Gasteiger partial charge in [-0.1, -0.05) is 18.2 Å². The van der Waals surface area contributed by atoms with Crippen molar-refractivity contribution in [1.82, 2.24) is 4.90 Å². The second-order valence-electron chi connectivity index (χ2n) is 6.99. The van der Waals surface area contributed by atoms with Crippen LogP contribution >= 0.6 is 0 Å². The number of likely N-dealkylation sites (tertiary alicyclic amines) is 1. The first kappa shape index (κ1) is 17.6. The van der Waals surface area contributed by atoms with Gasteiger partial charge in [-0.3, -0.25) is 9.69 Å². The van der Waals surface area contributed by atoms with Crippen molar-refractivity contribution in [1.29, 1.82) is 0 Å². The number of hydrogen-bond acceptors (Lipinski definition) is 2. The van der Waals surface area contributed by atoms with Crippen LogP contribution in [0.1, 0.15) is 29.5 Å². The maximum absolute atomic E-state index is 13.0. The third-order valence-corrected chi connectivity index (χ3v) is 4.97. The molecule has 25 heavy (non-hydrogen) atoms. The van der Waals surface area contributed by atoms with Gasteiger partial charge in [0.05, 0.1) is 5.92 Å². The summed E-state index contributed by atoms with van der Waals surface area (Å²) in [5.41, 5.74) is 4.35. The average Bonchev–Trinajstić information content (AvgIpc) is 2.60. The smallest absolute Gasteiger partial charge is 0.228 e. The zero-order chi connectivity index (χ0) is 17.8. The number of nitrogens with zero attached hydrogens (tertiary/aromatic N) is 1. The second-order valence-corrected chi connectivity index (χ2v) is 6.99. The number of rotatable bonds is 4. The Hall–Kier alpha value is -2.20. The quantitative estimate of drug-likeness (QED) is 0.900. The standard InChI is InChI=1S/C21H25FN2O/c1-15-5-10-20(12-16(15)2)23-21(25)18-4-3-11-24(14-18)13-17-6-8-19(22)9-7-17/h5-10,12,18H,3-4,11,13-14H2,1-2H3,(H,23,25). The van der Waals surface area contributed by atoms with E-state index < -0.39 is 0 Å². The molecule has 2 aromatic rings. The molecular weight excluding hydrogens is 315 g/mol. The van der Waals surface area contributed by atoms with Crippen LogP contribution in [-0.4, -0.2) is 23.9 Å². The highest BCUT2D eigenvalue weighted by Crippen LogP contribution is 2.21. The summed E-state index contributed by atoms with van der Waals surface area (Å²) in [5.74, 6) is -0.129. The molecule has 1 saturated heterocycles. The molecule has 3 nitrogen and oxygen atoms in total. The summed E-state index contributed by atoms with van der Waals surface area (Å²) in [4.78, 5) is 14.9. The van der Waals surface area contributed by atoms with Crippen molar-refractivity contribution in [3.8, 4) is 0 Å². The van der Waals surface area contributed by atoms with Crippen LogP contribution < -0.4 is 5.32 Å². The molecule has 1 heterocycles. The molecular formula is C21H25FN2O. The number of benzene rings is 2. The van der Waals surface area contributed by atoms with Crippen molar-refractivity contribution in [3.63, 3.8) is 0 Å². The zero-order valence-electron chi connectivity index (χ0n) is 14.9. The van der Waals surface area contributed by atoms with Gasteiger partial charge in [0.15, 0.2) is 0 Å². The van der Waals surface area contributed by atoms with E-state index in [-0.39, 0.29) is 17.6 Å². The van der Waals surface area contributed by atoms with Gasteiger partial charge in [0.2, 0.25) is 5.91 Å². The number of nitrogens with one attached hydrogen (secondary N) is 1. The Bertz CT molecular complexity index is 742. The van der Waals surface area contributed by atoms with Crippen LogP contribution in [0, 0.1) is 25.6 Å². The van der Waals surface area contributed by atoms with Gasteiger partial charge in [-0.2, -0.15) is 0 Å². The Morgan fingerprint density at radius 2 is 1.92 bits per heavy atom. The molecule has 0 aromatic heterocycles. The van der Waals surface area contributed by atoms with E-state index in [0.29, 0.717) is 0 Å². The number of piperidine rings is 1. The summed E-state index contributed by atoms with van der Waals surface area (Å²) >= 11 is 0. The lowest BCUT2D eigenvalue weighted by atomic mass is 9.96. The van der Waals surface area contributed by atoms with Gasteiger partial charge in [0.1, 0.15) is 5.82 Å². The minimum Gasteiger partial charge on any atom is -0.326 e. The van der Waals surface area contributed by atoms with Gasteiger partial charge in [-0.15, -0.1) is 0 Å². The molecule has 2 aromatic carbocycles. The van der Waals surface area contributed by atoms with Gasteiger partial charge in [-0.25, -0.2) is 4.39 Å². The first-order chi connectivity index (χ1) is 12.0. The van der Waals surface area contributed by atoms with Crippen molar-refractivity contribution in [2.24, 2.45) is 5.92 Å². The number of halogens is 1. The third-order valence-electron chi connectivity index (χ3n) is 4.97. The lowest BCUT2D eigenvalue weighted by Gasteiger charge is -2.32. The third kappa shape index (κ3) is 4.67. The Labute approximate surface area is 148 Å². The Kier molecular flexibility index (Phi) is 5.49. The Morgan fingerprint density at radius 3 is 2.64 bits per heavy atom. The molecule has 0 aliphatic carbocycles. The molecule has 1 atom stereocenters.